The number of fused-ring (bicyclic) bond motifs is 1. The minimum atomic E-state index is 0.329. The number of nitrogens with one attached hydrogen (secondary N) is 1. The Kier molecular flexibility index (Phi) is 4.53. The van der Waals surface area contributed by atoms with Gasteiger partial charge < -0.3 is 9.73 Å². The van der Waals surface area contributed by atoms with Crippen LogP contribution in [0.5, 0.6) is 0 Å². The lowest BCUT2D eigenvalue weighted by Crippen LogP contribution is -2.02. The molecule has 3 nitrogen and oxygen atoms in total. The number of hydrogen-bond acceptors (Lipinski definition) is 4. The van der Waals surface area contributed by atoms with Gasteiger partial charge >= 0.3 is 0 Å². The van der Waals surface area contributed by atoms with E-state index in [9.17, 15) is 0 Å². The predicted molar refractivity (Wildman–Crippen MR) is 79.6 cm³/mol. The lowest BCUT2D eigenvalue weighted by molar-refractivity contribution is 0.501. The summed E-state index contributed by atoms with van der Waals surface area (Å²) >= 11 is 1.88. The summed E-state index contributed by atoms with van der Waals surface area (Å²) in [7, 11) is 0. The van der Waals surface area contributed by atoms with Crippen LogP contribution in [0.15, 0.2) is 22.6 Å². The minimum absolute atomic E-state index is 0.329. The van der Waals surface area contributed by atoms with E-state index in [-0.39, 0.29) is 0 Å². The third kappa shape index (κ3) is 3.19. The van der Waals surface area contributed by atoms with Gasteiger partial charge in [0.1, 0.15) is 5.52 Å². The topological polar surface area (TPSA) is 38.1 Å². The Bertz CT molecular complexity index is 507. The Hall–Kier alpha value is -1.16. The maximum Gasteiger partial charge on any atom is 0.198 e. The third-order valence-corrected chi connectivity index (χ3v) is 3.45. The molecule has 0 fully saturated rings. The van der Waals surface area contributed by atoms with Crippen molar-refractivity contribution < 1.29 is 4.42 Å². The summed E-state index contributed by atoms with van der Waals surface area (Å²) in [5, 5.41) is 3.42. The Morgan fingerprint density at radius 3 is 2.94 bits per heavy atom. The van der Waals surface area contributed by atoms with Crippen molar-refractivity contribution in [2.75, 3.05) is 23.9 Å². The van der Waals surface area contributed by atoms with Crippen molar-refractivity contribution in [1.29, 1.82) is 0 Å². The molecular weight excluding hydrogens is 244 g/mol. The highest BCUT2D eigenvalue weighted by Crippen LogP contribution is 2.23. The van der Waals surface area contributed by atoms with E-state index >= 15 is 0 Å². The monoisotopic (exact) mass is 264 g/mol. The van der Waals surface area contributed by atoms with Crippen LogP contribution in [0, 0.1) is 0 Å². The van der Waals surface area contributed by atoms with E-state index in [0.29, 0.717) is 5.92 Å². The molecule has 0 spiro atoms. The Morgan fingerprint density at radius 2 is 2.22 bits per heavy atom. The first-order chi connectivity index (χ1) is 8.70. The summed E-state index contributed by atoms with van der Waals surface area (Å²) in [4.78, 5) is 4.51. The summed E-state index contributed by atoms with van der Waals surface area (Å²) < 4.78 is 5.69. The van der Waals surface area contributed by atoms with Crippen molar-refractivity contribution in [3.63, 3.8) is 0 Å². The fourth-order valence-electron chi connectivity index (χ4n) is 1.75. The molecule has 18 heavy (non-hydrogen) atoms. The molecule has 0 amide bonds. The van der Waals surface area contributed by atoms with Crippen LogP contribution in [-0.4, -0.2) is 23.5 Å². The largest absolute Gasteiger partial charge is 0.440 e. The van der Waals surface area contributed by atoms with E-state index in [2.05, 4.69) is 42.5 Å². The van der Waals surface area contributed by atoms with E-state index < -0.39 is 0 Å². The van der Waals surface area contributed by atoms with Crippen LogP contribution in [0.4, 0.5) is 5.69 Å². The Balaban J connectivity index is 2.07. The fourth-order valence-corrected chi connectivity index (χ4v) is 2.18. The molecule has 1 heterocycles. The van der Waals surface area contributed by atoms with Crippen molar-refractivity contribution in [2.24, 2.45) is 0 Å². The first kappa shape index (κ1) is 13.3. The SMILES string of the molecule is CSCCCNc1ccc2oc(C(C)C)nc2c1. The van der Waals surface area contributed by atoms with Gasteiger partial charge in [0.25, 0.3) is 0 Å². The molecule has 98 valence electrons. The first-order valence-corrected chi connectivity index (χ1v) is 7.73. The average molecular weight is 264 g/mol. The van der Waals surface area contributed by atoms with Crippen LogP contribution in [0.1, 0.15) is 32.1 Å². The smallest absolute Gasteiger partial charge is 0.198 e. The highest BCUT2D eigenvalue weighted by Gasteiger charge is 2.09. The molecule has 1 aromatic carbocycles. The molecule has 1 N–H and O–H groups in total. The number of nitrogens with zero attached hydrogens (tertiary/aromatic N) is 1. The van der Waals surface area contributed by atoms with E-state index in [1.807, 2.05) is 17.8 Å². The maximum absolute atomic E-state index is 5.69. The number of anilines is 1. The van der Waals surface area contributed by atoms with Crippen LogP contribution in [-0.2, 0) is 0 Å². The molecule has 2 rings (SSSR count). The minimum Gasteiger partial charge on any atom is -0.440 e. The highest BCUT2D eigenvalue weighted by molar-refractivity contribution is 7.98. The molecule has 0 saturated carbocycles. The number of rotatable bonds is 6. The molecule has 0 aliphatic carbocycles. The van der Waals surface area contributed by atoms with Crippen LogP contribution in [0.2, 0.25) is 0 Å². The zero-order valence-electron chi connectivity index (χ0n) is 11.2. The van der Waals surface area contributed by atoms with E-state index in [0.717, 1.165) is 29.2 Å². The Morgan fingerprint density at radius 1 is 1.39 bits per heavy atom. The summed E-state index contributed by atoms with van der Waals surface area (Å²) in [5.74, 6) is 2.33. The predicted octanol–water partition coefficient (Wildman–Crippen LogP) is 4.12. The van der Waals surface area contributed by atoms with Gasteiger partial charge in [-0.15, -0.1) is 0 Å². The van der Waals surface area contributed by atoms with Gasteiger partial charge in [-0.1, -0.05) is 13.8 Å². The van der Waals surface area contributed by atoms with Gasteiger partial charge in [-0.3, -0.25) is 0 Å². The van der Waals surface area contributed by atoms with Crippen molar-refractivity contribution in [3.8, 4) is 0 Å². The van der Waals surface area contributed by atoms with Gasteiger partial charge in [0, 0.05) is 18.2 Å². The summed E-state index contributed by atoms with van der Waals surface area (Å²) in [6.45, 7) is 5.18. The van der Waals surface area contributed by atoms with Gasteiger partial charge in [0.2, 0.25) is 0 Å². The molecule has 0 saturated heterocycles. The number of oxazole rings is 1. The second-order valence-electron chi connectivity index (χ2n) is 4.66. The highest BCUT2D eigenvalue weighted by atomic mass is 32.2. The molecule has 0 aliphatic rings. The van der Waals surface area contributed by atoms with Gasteiger partial charge in [0.15, 0.2) is 11.5 Å². The normalized spacial score (nSPS) is 11.3. The molecule has 0 aliphatic heterocycles. The van der Waals surface area contributed by atoms with Crippen molar-refractivity contribution in [1.82, 2.24) is 4.98 Å². The summed E-state index contributed by atoms with van der Waals surface area (Å²) in [6, 6.07) is 6.10. The average Bonchev–Trinajstić information content (AvgIpc) is 2.78. The molecule has 0 bridgehead atoms. The summed E-state index contributed by atoms with van der Waals surface area (Å²) in [5.41, 5.74) is 2.93. The van der Waals surface area contributed by atoms with E-state index in [1.54, 1.807) is 0 Å². The van der Waals surface area contributed by atoms with Crippen LogP contribution in [0.3, 0.4) is 0 Å². The molecule has 4 heteroatoms. The second-order valence-corrected chi connectivity index (χ2v) is 5.65. The fraction of sp³-hybridized carbons (Fsp3) is 0.500. The van der Waals surface area contributed by atoms with Crippen LogP contribution in [0.25, 0.3) is 11.1 Å². The molecule has 0 unspecified atom stereocenters. The van der Waals surface area contributed by atoms with Gasteiger partial charge in [-0.25, -0.2) is 4.98 Å². The third-order valence-electron chi connectivity index (χ3n) is 2.75. The number of aromatic nitrogens is 1. The lowest BCUT2D eigenvalue weighted by Gasteiger charge is -2.04. The first-order valence-electron chi connectivity index (χ1n) is 6.34. The second kappa shape index (κ2) is 6.14. The Labute approximate surface area is 112 Å². The lowest BCUT2D eigenvalue weighted by atomic mass is 10.2. The van der Waals surface area contributed by atoms with Gasteiger partial charge in [0.05, 0.1) is 0 Å². The molecular formula is C14H20N2OS. The molecule has 2 aromatic rings. The quantitative estimate of drug-likeness (QED) is 0.797. The zero-order chi connectivity index (χ0) is 13.0. The number of hydrogen-bond donors (Lipinski definition) is 1. The van der Waals surface area contributed by atoms with Gasteiger partial charge in [-0.2, -0.15) is 11.8 Å². The maximum atomic E-state index is 5.69. The van der Waals surface area contributed by atoms with Crippen LogP contribution >= 0.6 is 11.8 Å². The number of thioether (sulfide) groups is 1. The van der Waals surface area contributed by atoms with Gasteiger partial charge in [-0.05, 0) is 36.6 Å². The molecule has 1 aromatic heterocycles. The zero-order valence-corrected chi connectivity index (χ0v) is 12.0. The van der Waals surface area contributed by atoms with Crippen molar-refractivity contribution in [3.05, 3.63) is 24.1 Å². The summed E-state index contributed by atoms with van der Waals surface area (Å²) in [6.07, 6.45) is 3.31. The van der Waals surface area contributed by atoms with E-state index in [1.165, 1.54) is 12.2 Å². The van der Waals surface area contributed by atoms with E-state index in [4.69, 9.17) is 4.42 Å². The van der Waals surface area contributed by atoms with Crippen LogP contribution < -0.4 is 5.32 Å². The van der Waals surface area contributed by atoms with Crippen molar-refractivity contribution >= 4 is 28.5 Å². The number of benzene rings is 1. The molecule has 0 atom stereocenters. The molecule has 0 radical (unpaired) electrons. The van der Waals surface area contributed by atoms with Crippen molar-refractivity contribution in [2.45, 2.75) is 26.2 Å². The standard InChI is InChI=1S/C14H20N2OS/c1-10(2)14-16-12-9-11(5-6-13(12)17-14)15-7-4-8-18-3/h5-6,9-10,15H,4,7-8H2,1-3H3.